The number of hydrogen-bond donors (Lipinski definition) is 0. The van der Waals surface area contributed by atoms with Gasteiger partial charge in [-0.2, -0.15) is 0 Å². The van der Waals surface area contributed by atoms with Gasteiger partial charge in [-0.3, -0.25) is 9.59 Å². The van der Waals surface area contributed by atoms with Crippen LogP contribution in [0.4, 0.5) is 0 Å². The second-order valence-electron chi connectivity index (χ2n) is 5.92. The lowest BCUT2D eigenvalue weighted by atomic mass is 9.85. The molecule has 1 aromatic rings. The van der Waals surface area contributed by atoms with Crippen molar-refractivity contribution in [2.24, 2.45) is 5.92 Å². The summed E-state index contributed by atoms with van der Waals surface area (Å²) in [4.78, 5) is 25.9. The zero-order valence-corrected chi connectivity index (χ0v) is 12.8. The maximum absolute atomic E-state index is 12.7. The fraction of sp³-hybridized carbons (Fsp3) is 0.529. The molecule has 108 valence electrons. The molecule has 3 nitrogen and oxygen atoms in total. The molecule has 1 heterocycles. The first-order chi connectivity index (χ1) is 9.40. The molecule has 3 heteroatoms. The lowest BCUT2D eigenvalue weighted by Gasteiger charge is -2.31. The van der Waals surface area contributed by atoms with Crippen molar-refractivity contribution in [2.45, 2.75) is 40.5 Å². The van der Waals surface area contributed by atoms with Gasteiger partial charge in [-0.15, -0.1) is 0 Å². The van der Waals surface area contributed by atoms with Gasteiger partial charge in [0.05, 0.1) is 0 Å². The number of hydrogen-bond acceptors (Lipinski definition) is 2. The molecule has 1 aromatic carbocycles. The largest absolute Gasteiger partial charge is 0.343 e. The van der Waals surface area contributed by atoms with Crippen LogP contribution in [0.3, 0.4) is 0 Å². The Morgan fingerprint density at radius 3 is 2.00 bits per heavy atom. The predicted molar refractivity (Wildman–Crippen MR) is 80.0 cm³/mol. The number of likely N-dealkylation sites (tertiary alicyclic amines) is 1. The van der Waals surface area contributed by atoms with Crippen LogP contribution in [-0.2, 0) is 4.79 Å². The Kier molecular flexibility index (Phi) is 4.26. The molecule has 0 saturated carbocycles. The molecule has 0 unspecified atom stereocenters. The number of rotatable bonds is 2. The third-order valence-electron chi connectivity index (χ3n) is 4.23. The van der Waals surface area contributed by atoms with Gasteiger partial charge in [0.1, 0.15) is 0 Å². The highest BCUT2D eigenvalue weighted by Crippen LogP contribution is 2.26. The molecule has 20 heavy (non-hydrogen) atoms. The number of carbonyl (C=O) groups excluding carboxylic acids is 2. The first-order valence-electron chi connectivity index (χ1n) is 7.27. The van der Waals surface area contributed by atoms with Crippen LogP contribution in [0.15, 0.2) is 12.1 Å². The number of ketones is 1. The van der Waals surface area contributed by atoms with E-state index in [4.69, 9.17) is 0 Å². The SMILES string of the molecule is CC(=O)N1CCC(C(=O)c2c(C)cc(C)cc2C)CC1. The number of Topliss-reactive ketones (excluding diaryl/α,β-unsaturated/α-hetero) is 1. The van der Waals surface area contributed by atoms with Gasteiger partial charge in [0.25, 0.3) is 0 Å². The minimum atomic E-state index is 0.0608. The van der Waals surface area contributed by atoms with E-state index in [1.165, 1.54) is 5.56 Å². The van der Waals surface area contributed by atoms with Crippen molar-refractivity contribution in [1.82, 2.24) is 4.90 Å². The fourth-order valence-corrected chi connectivity index (χ4v) is 3.23. The minimum Gasteiger partial charge on any atom is -0.343 e. The van der Waals surface area contributed by atoms with E-state index in [2.05, 4.69) is 19.1 Å². The van der Waals surface area contributed by atoms with E-state index < -0.39 is 0 Å². The summed E-state index contributed by atoms with van der Waals surface area (Å²) in [5, 5.41) is 0. The van der Waals surface area contributed by atoms with E-state index in [0.29, 0.717) is 13.1 Å². The number of carbonyl (C=O) groups is 2. The van der Waals surface area contributed by atoms with Crippen LogP contribution in [0.2, 0.25) is 0 Å². The molecule has 1 amide bonds. The smallest absolute Gasteiger partial charge is 0.219 e. The Morgan fingerprint density at radius 2 is 1.55 bits per heavy atom. The Balaban J connectivity index is 2.16. The van der Waals surface area contributed by atoms with Gasteiger partial charge < -0.3 is 4.90 Å². The highest BCUT2D eigenvalue weighted by molar-refractivity contribution is 6.00. The maximum Gasteiger partial charge on any atom is 0.219 e. The number of amides is 1. The molecule has 0 aliphatic carbocycles. The van der Waals surface area contributed by atoms with Crippen molar-refractivity contribution < 1.29 is 9.59 Å². The van der Waals surface area contributed by atoms with Crippen molar-refractivity contribution >= 4 is 11.7 Å². The molecule has 2 rings (SSSR count). The molecule has 0 aromatic heterocycles. The van der Waals surface area contributed by atoms with Crippen molar-refractivity contribution in [3.63, 3.8) is 0 Å². The van der Waals surface area contributed by atoms with E-state index >= 15 is 0 Å². The van der Waals surface area contributed by atoms with Gasteiger partial charge >= 0.3 is 0 Å². The molecular formula is C17H23NO2. The first kappa shape index (κ1) is 14.8. The third-order valence-corrected chi connectivity index (χ3v) is 4.23. The zero-order chi connectivity index (χ0) is 14.9. The van der Waals surface area contributed by atoms with Crippen LogP contribution in [0, 0.1) is 26.7 Å². The minimum absolute atomic E-state index is 0.0608. The average molecular weight is 273 g/mol. The quantitative estimate of drug-likeness (QED) is 0.777. The van der Waals surface area contributed by atoms with Crippen LogP contribution < -0.4 is 0 Å². The molecule has 0 radical (unpaired) electrons. The second kappa shape index (κ2) is 5.78. The Morgan fingerprint density at radius 1 is 1.05 bits per heavy atom. The summed E-state index contributed by atoms with van der Waals surface area (Å²) in [6.45, 7) is 9.08. The van der Waals surface area contributed by atoms with Gasteiger partial charge in [0.15, 0.2) is 5.78 Å². The first-order valence-corrected chi connectivity index (χ1v) is 7.27. The number of aryl methyl sites for hydroxylation is 3. The zero-order valence-electron chi connectivity index (χ0n) is 12.8. The molecule has 1 saturated heterocycles. The molecule has 1 aliphatic rings. The van der Waals surface area contributed by atoms with Crippen LogP contribution in [-0.4, -0.2) is 29.7 Å². The second-order valence-corrected chi connectivity index (χ2v) is 5.92. The monoisotopic (exact) mass is 273 g/mol. The summed E-state index contributed by atoms with van der Waals surface area (Å²) in [7, 11) is 0. The van der Waals surface area contributed by atoms with E-state index in [1.807, 2.05) is 18.7 Å². The summed E-state index contributed by atoms with van der Waals surface area (Å²) in [5.41, 5.74) is 4.22. The van der Waals surface area contributed by atoms with Gasteiger partial charge in [-0.25, -0.2) is 0 Å². The van der Waals surface area contributed by atoms with Gasteiger partial charge in [0.2, 0.25) is 5.91 Å². The molecule has 1 fully saturated rings. The van der Waals surface area contributed by atoms with Crippen LogP contribution in [0.25, 0.3) is 0 Å². The summed E-state index contributed by atoms with van der Waals surface area (Å²) < 4.78 is 0. The molecule has 0 bridgehead atoms. The lowest BCUT2D eigenvalue weighted by molar-refractivity contribution is -0.130. The number of piperidine rings is 1. The van der Waals surface area contributed by atoms with Crippen molar-refractivity contribution in [1.29, 1.82) is 0 Å². The number of benzene rings is 1. The number of nitrogens with zero attached hydrogens (tertiary/aromatic N) is 1. The fourth-order valence-electron chi connectivity index (χ4n) is 3.23. The van der Waals surface area contributed by atoms with Crippen LogP contribution in [0.5, 0.6) is 0 Å². The van der Waals surface area contributed by atoms with Gasteiger partial charge in [-0.05, 0) is 44.7 Å². The standard InChI is InChI=1S/C17H23NO2/c1-11-9-12(2)16(13(3)10-11)17(20)15-5-7-18(8-6-15)14(4)19/h9-10,15H,5-8H2,1-4H3. The van der Waals surface area contributed by atoms with E-state index in [0.717, 1.165) is 29.5 Å². The van der Waals surface area contributed by atoms with Crippen molar-refractivity contribution in [3.8, 4) is 0 Å². The van der Waals surface area contributed by atoms with Crippen molar-refractivity contribution in [2.75, 3.05) is 13.1 Å². The highest BCUT2D eigenvalue weighted by atomic mass is 16.2. The summed E-state index contributed by atoms with van der Waals surface area (Å²) in [6, 6.07) is 4.15. The molecule has 0 atom stereocenters. The summed E-state index contributed by atoms with van der Waals surface area (Å²) >= 11 is 0. The molecule has 1 aliphatic heterocycles. The highest BCUT2D eigenvalue weighted by Gasteiger charge is 2.28. The van der Waals surface area contributed by atoms with Crippen LogP contribution >= 0.6 is 0 Å². The molecule has 0 N–H and O–H groups in total. The predicted octanol–water partition coefficient (Wildman–Crippen LogP) is 3.05. The third kappa shape index (κ3) is 2.92. The van der Waals surface area contributed by atoms with Crippen LogP contribution in [0.1, 0.15) is 46.8 Å². The molecular weight excluding hydrogens is 250 g/mol. The topological polar surface area (TPSA) is 37.4 Å². The van der Waals surface area contributed by atoms with E-state index in [9.17, 15) is 9.59 Å². The lowest BCUT2D eigenvalue weighted by Crippen LogP contribution is -2.39. The summed E-state index contributed by atoms with van der Waals surface area (Å²) in [6.07, 6.45) is 1.57. The Labute approximate surface area is 121 Å². The normalized spacial score (nSPS) is 16.3. The molecule has 0 spiro atoms. The Hall–Kier alpha value is -1.64. The van der Waals surface area contributed by atoms with Gasteiger partial charge in [-0.1, -0.05) is 17.7 Å². The van der Waals surface area contributed by atoms with E-state index in [-0.39, 0.29) is 17.6 Å². The Bertz CT molecular complexity index is 517. The van der Waals surface area contributed by atoms with E-state index in [1.54, 1.807) is 6.92 Å². The van der Waals surface area contributed by atoms with Crippen molar-refractivity contribution in [3.05, 3.63) is 34.4 Å². The van der Waals surface area contributed by atoms with Gasteiger partial charge in [0, 0.05) is 31.5 Å². The average Bonchev–Trinajstić information content (AvgIpc) is 2.37. The summed E-state index contributed by atoms with van der Waals surface area (Å²) in [5.74, 6) is 0.424. The maximum atomic E-state index is 12.7.